The number of rotatable bonds is 1. The van der Waals surface area contributed by atoms with Crippen LogP contribution >= 0.6 is 0 Å². The number of hydrogen-bond donors (Lipinski definition) is 1. The molecule has 0 atom stereocenters. The minimum absolute atomic E-state index is 0.271. The van der Waals surface area contributed by atoms with E-state index < -0.39 is 0 Å². The van der Waals surface area contributed by atoms with E-state index in [1.807, 2.05) is 26.0 Å². The molecule has 1 rings (SSSR count). The average molecular weight is 195 g/mol. The molecule has 0 aliphatic carbocycles. The number of nitrogens with two attached hydrogens (primary N) is 1. The molecule has 0 amide bonds. The normalized spacial score (nSPS) is 8.64. The Morgan fingerprint density at radius 3 is 2.29 bits per heavy atom. The lowest BCUT2D eigenvalue weighted by molar-refractivity contribution is 0.0600. The molecule has 0 spiro atoms. The van der Waals surface area contributed by atoms with Gasteiger partial charge in [0.2, 0.25) is 0 Å². The van der Waals surface area contributed by atoms with Gasteiger partial charge >= 0.3 is 5.97 Å². The van der Waals surface area contributed by atoms with Gasteiger partial charge in [-0.15, -0.1) is 0 Å². The lowest BCUT2D eigenvalue weighted by atomic mass is 10.1. The highest BCUT2D eigenvalue weighted by atomic mass is 16.5. The summed E-state index contributed by atoms with van der Waals surface area (Å²) in [6.45, 7) is 3.90. The maximum absolute atomic E-state index is 11.1. The second kappa shape index (κ2) is 6.16. The Morgan fingerprint density at radius 1 is 1.29 bits per heavy atom. The van der Waals surface area contributed by atoms with Gasteiger partial charge in [0, 0.05) is 0 Å². The molecule has 0 aliphatic heterocycles. The Balaban J connectivity index is 0.000000791. The van der Waals surface area contributed by atoms with Gasteiger partial charge in [-0.05, 0) is 32.5 Å². The van der Waals surface area contributed by atoms with Crippen LogP contribution in [0.4, 0.5) is 0 Å². The zero-order chi connectivity index (χ0) is 11.1. The van der Waals surface area contributed by atoms with E-state index >= 15 is 0 Å². The average Bonchev–Trinajstić information content (AvgIpc) is 2.20. The summed E-state index contributed by atoms with van der Waals surface area (Å²) in [4.78, 5) is 11.1. The number of carbonyl (C=O) groups excluding carboxylic acids is 1. The summed E-state index contributed by atoms with van der Waals surface area (Å²) in [7, 11) is 2.89. The predicted octanol–water partition coefficient (Wildman–Crippen LogP) is 1.66. The highest BCUT2D eigenvalue weighted by Gasteiger charge is 2.07. The maximum Gasteiger partial charge on any atom is 0.338 e. The van der Waals surface area contributed by atoms with Crippen LogP contribution in [0.1, 0.15) is 21.5 Å². The fourth-order valence-corrected chi connectivity index (χ4v) is 1.15. The lowest BCUT2D eigenvalue weighted by Crippen LogP contribution is -2.03. The van der Waals surface area contributed by atoms with Crippen molar-refractivity contribution in [1.29, 1.82) is 0 Å². The molecule has 3 heteroatoms. The third-order valence-electron chi connectivity index (χ3n) is 1.79. The van der Waals surface area contributed by atoms with Crippen molar-refractivity contribution in [2.24, 2.45) is 5.73 Å². The summed E-state index contributed by atoms with van der Waals surface area (Å²) < 4.78 is 4.62. The summed E-state index contributed by atoms with van der Waals surface area (Å²) in [6, 6.07) is 5.65. The molecular weight excluding hydrogens is 178 g/mol. The Kier molecular flexibility index (Phi) is 5.56. The van der Waals surface area contributed by atoms with Gasteiger partial charge in [0.1, 0.15) is 0 Å². The number of carbonyl (C=O) groups is 1. The predicted molar refractivity (Wildman–Crippen MR) is 57.4 cm³/mol. The summed E-state index contributed by atoms with van der Waals surface area (Å²) in [6.07, 6.45) is 0. The minimum Gasteiger partial charge on any atom is -0.465 e. The van der Waals surface area contributed by atoms with Gasteiger partial charge in [0.05, 0.1) is 12.7 Å². The number of aryl methyl sites for hydroxylation is 2. The van der Waals surface area contributed by atoms with Gasteiger partial charge in [-0.25, -0.2) is 4.79 Å². The maximum atomic E-state index is 11.1. The molecule has 0 radical (unpaired) electrons. The standard InChI is InChI=1S/C10H12O2.CH5N/c1-7-4-5-9(8(2)6-7)10(11)12-3;1-2/h4-6H,1-3H3;2H2,1H3. The highest BCUT2D eigenvalue weighted by Crippen LogP contribution is 2.10. The lowest BCUT2D eigenvalue weighted by Gasteiger charge is -2.03. The van der Waals surface area contributed by atoms with Gasteiger partial charge in [-0.3, -0.25) is 0 Å². The fourth-order valence-electron chi connectivity index (χ4n) is 1.15. The molecule has 14 heavy (non-hydrogen) atoms. The second-order valence-corrected chi connectivity index (χ2v) is 2.81. The molecule has 0 aliphatic rings. The molecule has 78 valence electrons. The third kappa shape index (κ3) is 3.18. The molecule has 0 fully saturated rings. The van der Waals surface area contributed by atoms with Crippen LogP contribution in [-0.2, 0) is 4.74 Å². The molecule has 1 aromatic carbocycles. The Bertz CT molecular complexity index is 308. The molecule has 1 aromatic rings. The fraction of sp³-hybridized carbons (Fsp3) is 0.364. The molecule has 0 aromatic heterocycles. The van der Waals surface area contributed by atoms with Crippen LogP contribution in [-0.4, -0.2) is 20.1 Å². The van der Waals surface area contributed by atoms with Gasteiger partial charge in [0.15, 0.2) is 0 Å². The van der Waals surface area contributed by atoms with Crippen LogP contribution in [0.5, 0.6) is 0 Å². The largest absolute Gasteiger partial charge is 0.465 e. The smallest absolute Gasteiger partial charge is 0.338 e. The van der Waals surface area contributed by atoms with E-state index in [0.717, 1.165) is 11.1 Å². The Labute approximate surface area is 84.9 Å². The molecule has 2 N–H and O–H groups in total. The molecular formula is C11H17NO2. The van der Waals surface area contributed by atoms with E-state index in [1.54, 1.807) is 6.07 Å². The number of ether oxygens (including phenoxy) is 1. The molecule has 0 bridgehead atoms. The summed E-state index contributed by atoms with van der Waals surface area (Å²) in [5.74, 6) is -0.271. The topological polar surface area (TPSA) is 52.3 Å². The second-order valence-electron chi connectivity index (χ2n) is 2.81. The number of esters is 1. The van der Waals surface area contributed by atoms with E-state index in [9.17, 15) is 4.79 Å². The van der Waals surface area contributed by atoms with E-state index in [1.165, 1.54) is 14.2 Å². The zero-order valence-corrected chi connectivity index (χ0v) is 9.13. The van der Waals surface area contributed by atoms with Crippen molar-refractivity contribution in [2.45, 2.75) is 13.8 Å². The third-order valence-corrected chi connectivity index (χ3v) is 1.79. The van der Waals surface area contributed by atoms with Crippen molar-refractivity contribution < 1.29 is 9.53 Å². The number of methoxy groups -OCH3 is 1. The van der Waals surface area contributed by atoms with E-state index in [-0.39, 0.29) is 5.97 Å². The first kappa shape index (κ1) is 12.7. The van der Waals surface area contributed by atoms with Gasteiger partial charge in [-0.2, -0.15) is 0 Å². The van der Waals surface area contributed by atoms with E-state index in [2.05, 4.69) is 10.5 Å². The molecule has 0 saturated heterocycles. The summed E-state index contributed by atoms with van der Waals surface area (Å²) in [5, 5.41) is 0. The van der Waals surface area contributed by atoms with Gasteiger partial charge in [-0.1, -0.05) is 17.7 Å². The Morgan fingerprint density at radius 2 is 1.86 bits per heavy atom. The van der Waals surface area contributed by atoms with Gasteiger partial charge in [0.25, 0.3) is 0 Å². The van der Waals surface area contributed by atoms with Crippen molar-refractivity contribution in [3.63, 3.8) is 0 Å². The van der Waals surface area contributed by atoms with Crippen LogP contribution < -0.4 is 5.73 Å². The van der Waals surface area contributed by atoms with Crippen LogP contribution in [0.15, 0.2) is 18.2 Å². The monoisotopic (exact) mass is 195 g/mol. The molecule has 3 nitrogen and oxygen atoms in total. The van der Waals surface area contributed by atoms with Crippen molar-refractivity contribution in [2.75, 3.05) is 14.2 Å². The molecule has 0 heterocycles. The van der Waals surface area contributed by atoms with E-state index in [0.29, 0.717) is 5.56 Å². The van der Waals surface area contributed by atoms with Crippen LogP contribution in [0.25, 0.3) is 0 Å². The first-order valence-corrected chi connectivity index (χ1v) is 4.38. The quantitative estimate of drug-likeness (QED) is 0.693. The van der Waals surface area contributed by atoms with Crippen LogP contribution in [0.3, 0.4) is 0 Å². The number of hydrogen-bond acceptors (Lipinski definition) is 3. The van der Waals surface area contributed by atoms with Crippen LogP contribution in [0.2, 0.25) is 0 Å². The van der Waals surface area contributed by atoms with Crippen molar-refractivity contribution in [1.82, 2.24) is 0 Å². The first-order chi connectivity index (χ1) is 6.65. The van der Waals surface area contributed by atoms with Crippen molar-refractivity contribution >= 4 is 5.97 Å². The number of benzene rings is 1. The Hall–Kier alpha value is -1.35. The highest BCUT2D eigenvalue weighted by molar-refractivity contribution is 5.90. The first-order valence-electron chi connectivity index (χ1n) is 4.38. The summed E-state index contributed by atoms with van der Waals surface area (Å²) in [5.41, 5.74) is 7.25. The molecule has 0 unspecified atom stereocenters. The summed E-state index contributed by atoms with van der Waals surface area (Å²) >= 11 is 0. The van der Waals surface area contributed by atoms with Crippen LogP contribution in [0, 0.1) is 13.8 Å². The van der Waals surface area contributed by atoms with Crippen molar-refractivity contribution in [3.8, 4) is 0 Å². The zero-order valence-electron chi connectivity index (χ0n) is 9.13. The SMILES string of the molecule is CN.COC(=O)c1ccc(C)cc1C. The van der Waals surface area contributed by atoms with Crippen molar-refractivity contribution in [3.05, 3.63) is 34.9 Å². The van der Waals surface area contributed by atoms with E-state index in [4.69, 9.17) is 0 Å². The molecule has 0 saturated carbocycles. The van der Waals surface area contributed by atoms with Gasteiger partial charge < -0.3 is 10.5 Å². The minimum atomic E-state index is -0.271.